The van der Waals surface area contributed by atoms with E-state index in [0.29, 0.717) is 11.5 Å². The number of hydrogen-bond acceptors (Lipinski definition) is 5. The SMILES string of the molecule is COc1ccc(-c2c(-c3ccccc3)oc3nccc(OCCO)c23)cc1. The Balaban J connectivity index is 1.98. The molecule has 27 heavy (non-hydrogen) atoms. The van der Waals surface area contributed by atoms with Crippen molar-refractivity contribution in [3.63, 3.8) is 0 Å². The molecule has 5 heteroatoms. The highest BCUT2D eigenvalue weighted by atomic mass is 16.5. The van der Waals surface area contributed by atoms with Gasteiger partial charge in [-0.3, -0.25) is 0 Å². The second-order valence-electron chi connectivity index (χ2n) is 5.96. The molecule has 0 unspecified atom stereocenters. The second kappa shape index (κ2) is 7.51. The molecule has 0 radical (unpaired) electrons. The Kier molecular flexibility index (Phi) is 4.77. The normalized spacial score (nSPS) is 10.9. The highest BCUT2D eigenvalue weighted by Gasteiger charge is 2.21. The number of hydrogen-bond donors (Lipinski definition) is 1. The summed E-state index contributed by atoms with van der Waals surface area (Å²) in [4.78, 5) is 4.38. The van der Waals surface area contributed by atoms with Crippen molar-refractivity contribution >= 4 is 11.1 Å². The summed E-state index contributed by atoms with van der Waals surface area (Å²) in [6.07, 6.45) is 1.64. The molecule has 1 N–H and O–H groups in total. The Labute approximate surface area is 156 Å². The summed E-state index contributed by atoms with van der Waals surface area (Å²) in [5, 5.41) is 9.94. The predicted octanol–water partition coefficient (Wildman–Crippen LogP) is 4.54. The van der Waals surface area contributed by atoms with Gasteiger partial charge in [-0.05, 0) is 23.8 Å². The van der Waals surface area contributed by atoms with Crippen molar-refractivity contribution < 1.29 is 19.0 Å². The summed E-state index contributed by atoms with van der Waals surface area (Å²) in [6, 6.07) is 19.5. The number of aromatic nitrogens is 1. The van der Waals surface area contributed by atoms with Gasteiger partial charge in [0.15, 0.2) is 0 Å². The van der Waals surface area contributed by atoms with Gasteiger partial charge in [0, 0.05) is 17.3 Å². The molecule has 2 aromatic carbocycles. The van der Waals surface area contributed by atoms with Crippen molar-refractivity contribution in [2.45, 2.75) is 0 Å². The second-order valence-corrected chi connectivity index (χ2v) is 5.96. The number of ether oxygens (including phenoxy) is 2. The van der Waals surface area contributed by atoms with Crippen LogP contribution in [0.1, 0.15) is 0 Å². The van der Waals surface area contributed by atoms with Crippen LogP contribution in [0.5, 0.6) is 11.5 Å². The smallest absolute Gasteiger partial charge is 0.231 e. The predicted molar refractivity (Wildman–Crippen MR) is 104 cm³/mol. The first-order valence-corrected chi connectivity index (χ1v) is 8.67. The van der Waals surface area contributed by atoms with Gasteiger partial charge in [0.2, 0.25) is 5.71 Å². The molecular formula is C22H19NO4. The van der Waals surface area contributed by atoms with Crippen molar-refractivity contribution in [3.05, 3.63) is 66.9 Å². The first kappa shape index (κ1) is 17.1. The molecule has 0 saturated heterocycles. The molecule has 0 aliphatic rings. The molecule has 0 aliphatic heterocycles. The van der Waals surface area contributed by atoms with Gasteiger partial charge in [0.05, 0.1) is 19.1 Å². The highest BCUT2D eigenvalue weighted by molar-refractivity contribution is 6.03. The van der Waals surface area contributed by atoms with Crippen LogP contribution in [-0.2, 0) is 0 Å². The molecule has 5 nitrogen and oxygen atoms in total. The van der Waals surface area contributed by atoms with Gasteiger partial charge in [-0.15, -0.1) is 0 Å². The maximum absolute atomic E-state index is 9.15. The van der Waals surface area contributed by atoms with Crippen LogP contribution in [0.3, 0.4) is 0 Å². The summed E-state index contributed by atoms with van der Waals surface area (Å²) in [6.45, 7) is 0.137. The minimum atomic E-state index is -0.0644. The molecule has 0 aliphatic carbocycles. The molecule has 136 valence electrons. The maximum Gasteiger partial charge on any atom is 0.231 e. The number of pyridine rings is 1. The third-order valence-electron chi connectivity index (χ3n) is 4.32. The van der Waals surface area contributed by atoms with Crippen LogP contribution in [-0.4, -0.2) is 30.4 Å². The van der Waals surface area contributed by atoms with E-state index in [1.54, 1.807) is 19.4 Å². The van der Waals surface area contributed by atoms with E-state index < -0.39 is 0 Å². The average molecular weight is 361 g/mol. The van der Waals surface area contributed by atoms with Crippen LogP contribution >= 0.6 is 0 Å². The Hall–Kier alpha value is -3.31. The van der Waals surface area contributed by atoms with Gasteiger partial charge in [-0.2, -0.15) is 0 Å². The van der Waals surface area contributed by atoms with Gasteiger partial charge in [0.1, 0.15) is 23.9 Å². The van der Waals surface area contributed by atoms with E-state index in [0.717, 1.165) is 33.6 Å². The van der Waals surface area contributed by atoms with Gasteiger partial charge >= 0.3 is 0 Å². The minimum Gasteiger partial charge on any atom is -0.497 e. The number of aliphatic hydroxyl groups is 1. The van der Waals surface area contributed by atoms with Gasteiger partial charge in [-0.1, -0.05) is 42.5 Å². The molecule has 0 spiro atoms. The zero-order valence-electron chi connectivity index (χ0n) is 14.9. The Bertz CT molecular complexity index is 1040. The number of nitrogens with zero attached hydrogens (tertiary/aromatic N) is 1. The molecule has 0 bridgehead atoms. The lowest BCUT2D eigenvalue weighted by Gasteiger charge is -2.08. The van der Waals surface area contributed by atoms with E-state index >= 15 is 0 Å². The number of rotatable bonds is 6. The average Bonchev–Trinajstić information content (AvgIpc) is 3.13. The first-order chi connectivity index (χ1) is 13.3. The van der Waals surface area contributed by atoms with E-state index in [4.69, 9.17) is 19.0 Å². The maximum atomic E-state index is 9.15. The summed E-state index contributed by atoms with van der Waals surface area (Å²) in [5.41, 5.74) is 3.32. The van der Waals surface area contributed by atoms with Crippen molar-refractivity contribution in [2.75, 3.05) is 20.3 Å². The van der Waals surface area contributed by atoms with E-state index in [2.05, 4.69) is 4.98 Å². The van der Waals surface area contributed by atoms with Crippen molar-refractivity contribution in [2.24, 2.45) is 0 Å². The lowest BCUT2D eigenvalue weighted by atomic mass is 9.99. The Morgan fingerprint density at radius 1 is 0.963 bits per heavy atom. The fourth-order valence-electron chi connectivity index (χ4n) is 3.10. The number of benzene rings is 2. The Morgan fingerprint density at radius 2 is 1.74 bits per heavy atom. The molecule has 2 heterocycles. The number of furan rings is 1. The topological polar surface area (TPSA) is 64.7 Å². The van der Waals surface area contributed by atoms with Crippen molar-refractivity contribution in [3.8, 4) is 33.9 Å². The van der Waals surface area contributed by atoms with E-state index in [-0.39, 0.29) is 13.2 Å². The summed E-state index contributed by atoms with van der Waals surface area (Å²) in [7, 11) is 1.64. The highest BCUT2D eigenvalue weighted by Crippen LogP contribution is 2.44. The monoisotopic (exact) mass is 361 g/mol. The molecule has 0 atom stereocenters. The standard InChI is InChI=1S/C22H19NO4/c1-25-17-9-7-15(8-10-17)19-20-18(26-14-13-24)11-12-23-22(20)27-21(19)16-5-3-2-4-6-16/h2-12,24H,13-14H2,1H3. The van der Waals surface area contributed by atoms with Gasteiger partial charge in [-0.25, -0.2) is 4.98 Å². The van der Waals surface area contributed by atoms with E-state index in [9.17, 15) is 0 Å². The molecule has 0 saturated carbocycles. The minimum absolute atomic E-state index is 0.0644. The molecule has 4 aromatic rings. The molecule has 4 rings (SSSR count). The summed E-state index contributed by atoms with van der Waals surface area (Å²) >= 11 is 0. The third kappa shape index (κ3) is 3.25. The van der Waals surface area contributed by atoms with Crippen LogP contribution in [0.2, 0.25) is 0 Å². The zero-order valence-corrected chi connectivity index (χ0v) is 14.9. The summed E-state index contributed by atoms with van der Waals surface area (Å²) < 4.78 is 17.2. The van der Waals surface area contributed by atoms with Crippen LogP contribution in [0.4, 0.5) is 0 Å². The van der Waals surface area contributed by atoms with Gasteiger partial charge < -0.3 is 19.0 Å². The lowest BCUT2D eigenvalue weighted by Crippen LogP contribution is -2.02. The molecular weight excluding hydrogens is 342 g/mol. The molecule has 2 aromatic heterocycles. The van der Waals surface area contributed by atoms with Crippen LogP contribution in [0, 0.1) is 0 Å². The number of methoxy groups -OCH3 is 1. The van der Waals surface area contributed by atoms with E-state index in [1.165, 1.54) is 0 Å². The zero-order chi connectivity index (χ0) is 18.6. The largest absolute Gasteiger partial charge is 0.497 e. The lowest BCUT2D eigenvalue weighted by molar-refractivity contribution is 0.202. The fourth-order valence-corrected chi connectivity index (χ4v) is 3.10. The van der Waals surface area contributed by atoms with E-state index in [1.807, 2.05) is 54.6 Å². The fraction of sp³-hybridized carbons (Fsp3) is 0.136. The molecule has 0 fully saturated rings. The van der Waals surface area contributed by atoms with Crippen LogP contribution in [0.15, 0.2) is 71.3 Å². The first-order valence-electron chi connectivity index (χ1n) is 8.67. The van der Waals surface area contributed by atoms with Crippen molar-refractivity contribution in [1.82, 2.24) is 4.98 Å². The Morgan fingerprint density at radius 3 is 2.44 bits per heavy atom. The number of fused-ring (bicyclic) bond motifs is 1. The quantitative estimate of drug-likeness (QED) is 0.546. The van der Waals surface area contributed by atoms with Crippen LogP contribution < -0.4 is 9.47 Å². The molecule has 0 amide bonds. The third-order valence-corrected chi connectivity index (χ3v) is 4.32. The van der Waals surface area contributed by atoms with Crippen LogP contribution in [0.25, 0.3) is 33.6 Å². The van der Waals surface area contributed by atoms with Gasteiger partial charge in [0.25, 0.3) is 0 Å². The van der Waals surface area contributed by atoms with Crippen molar-refractivity contribution in [1.29, 1.82) is 0 Å². The summed E-state index contributed by atoms with van der Waals surface area (Å²) in [5.74, 6) is 2.14. The number of aliphatic hydroxyl groups excluding tert-OH is 1.